The standard InChI is InChI=1S/C26H27NO5/c1-18(26(29)27-16-15-19-9-14-23(30-2)24(17-19)31-3)32-22-12-10-21(11-13-22)25(28)20-7-5-4-6-8-20/h4-14,17-18H,15-16H2,1-3H3,(H,27,29). The van der Waals surface area contributed by atoms with E-state index in [-0.39, 0.29) is 11.7 Å². The summed E-state index contributed by atoms with van der Waals surface area (Å²) in [6.07, 6.45) is -0.0224. The second-order valence-electron chi connectivity index (χ2n) is 7.21. The van der Waals surface area contributed by atoms with Crippen LogP contribution in [0.4, 0.5) is 0 Å². The van der Waals surface area contributed by atoms with Crippen molar-refractivity contribution in [2.24, 2.45) is 0 Å². The molecule has 3 rings (SSSR count). The first-order valence-electron chi connectivity index (χ1n) is 10.4. The SMILES string of the molecule is COc1ccc(CCNC(=O)C(C)Oc2ccc(C(=O)c3ccccc3)cc2)cc1OC. The molecule has 0 aliphatic rings. The van der Waals surface area contributed by atoms with E-state index in [4.69, 9.17) is 14.2 Å². The molecule has 0 heterocycles. The molecule has 0 bridgehead atoms. The van der Waals surface area contributed by atoms with Gasteiger partial charge in [-0.3, -0.25) is 9.59 Å². The Morgan fingerprint density at radius 3 is 2.16 bits per heavy atom. The normalized spacial score (nSPS) is 11.3. The molecule has 0 aromatic heterocycles. The summed E-state index contributed by atoms with van der Waals surface area (Å²) in [5, 5.41) is 2.88. The highest BCUT2D eigenvalue weighted by Crippen LogP contribution is 2.27. The van der Waals surface area contributed by atoms with Gasteiger partial charge >= 0.3 is 0 Å². The lowest BCUT2D eigenvalue weighted by atomic mass is 10.0. The summed E-state index contributed by atoms with van der Waals surface area (Å²) in [7, 11) is 3.18. The molecule has 1 atom stereocenters. The maximum atomic E-state index is 12.5. The molecule has 0 fully saturated rings. The summed E-state index contributed by atoms with van der Waals surface area (Å²) in [6.45, 7) is 2.15. The van der Waals surface area contributed by atoms with Gasteiger partial charge in [0.15, 0.2) is 23.4 Å². The number of hydrogen-bond donors (Lipinski definition) is 1. The third-order valence-electron chi connectivity index (χ3n) is 5.00. The summed E-state index contributed by atoms with van der Waals surface area (Å²) in [5.74, 6) is 1.58. The van der Waals surface area contributed by atoms with Crippen LogP contribution in [-0.2, 0) is 11.2 Å². The fraction of sp³-hybridized carbons (Fsp3) is 0.231. The van der Waals surface area contributed by atoms with E-state index in [1.165, 1.54) is 0 Å². The predicted molar refractivity (Wildman–Crippen MR) is 123 cm³/mol. The van der Waals surface area contributed by atoms with Gasteiger partial charge in [0.1, 0.15) is 5.75 Å². The van der Waals surface area contributed by atoms with Crippen LogP contribution in [-0.4, -0.2) is 38.6 Å². The summed E-state index contributed by atoms with van der Waals surface area (Å²) in [5.41, 5.74) is 2.22. The second kappa shape index (κ2) is 11.0. The highest BCUT2D eigenvalue weighted by Gasteiger charge is 2.15. The number of rotatable bonds is 10. The number of hydrogen-bond acceptors (Lipinski definition) is 5. The molecular weight excluding hydrogens is 406 g/mol. The molecule has 0 aliphatic carbocycles. The molecule has 3 aromatic rings. The minimum absolute atomic E-state index is 0.0573. The maximum absolute atomic E-state index is 12.5. The molecule has 0 saturated heterocycles. The van der Waals surface area contributed by atoms with E-state index in [2.05, 4.69) is 5.32 Å². The Bertz CT molecular complexity index is 1050. The number of ether oxygens (including phenoxy) is 3. The van der Waals surface area contributed by atoms with Crippen molar-refractivity contribution >= 4 is 11.7 Å². The minimum Gasteiger partial charge on any atom is -0.493 e. The molecule has 1 unspecified atom stereocenters. The van der Waals surface area contributed by atoms with Crippen LogP contribution in [0.15, 0.2) is 72.8 Å². The summed E-state index contributed by atoms with van der Waals surface area (Å²) in [6, 6.07) is 21.6. The van der Waals surface area contributed by atoms with Gasteiger partial charge in [-0.15, -0.1) is 0 Å². The predicted octanol–water partition coefficient (Wildman–Crippen LogP) is 4.06. The zero-order valence-corrected chi connectivity index (χ0v) is 18.5. The van der Waals surface area contributed by atoms with Gasteiger partial charge in [-0.25, -0.2) is 0 Å². The molecule has 0 radical (unpaired) electrons. The molecule has 6 nitrogen and oxygen atoms in total. The summed E-state index contributed by atoms with van der Waals surface area (Å²) >= 11 is 0. The molecule has 6 heteroatoms. The van der Waals surface area contributed by atoms with Crippen LogP contribution in [0, 0.1) is 0 Å². The first kappa shape index (κ1) is 22.9. The average molecular weight is 434 g/mol. The van der Waals surface area contributed by atoms with Crippen LogP contribution in [0.3, 0.4) is 0 Å². The number of nitrogens with one attached hydrogen (secondary N) is 1. The highest BCUT2D eigenvalue weighted by molar-refractivity contribution is 6.09. The van der Waals surface area contributed by atoms with E-state index in [0.29, 0.717) is 41.3 Å². The van der Waals surface area contributed by atoms with E-state index in [9.17, 15) is 9.59 Å². The number of ketones is 1. The Morgan fingerprint density at radius 1 is 0.844 bits per heavy atom. The highest BCUT2D eigenvalue weighted by atomic mass is 16.5. The largest absolute Gasteiger partial charge is 0.493 e. The van der Waals surface area contributed by atoms with Crippen LogP contribution in [0.2, 0.25) is 0 Å². The molecule has 166 valence electrons. The number of methoxy groups -OCH3 is 2. The zero-order valence-electron chi connectivity index (χ0n) is 18.5. The molecule has 3 aromatic carbocycles. The number of amides is 1. The molecule has 0 spiro atoms. The van der Waals surface area contributed by atoms with Gasteiger partial charge in [-0.2, -0.15) is 0 Å². The maximum Gasteiger partial charge on any atom is 0.260 e. The lowest BCUT2D eigenvalue weighted by Gasteiger charge is -2.15. The van der Waals surface area contributed by atoms with Crippen LogP contribution < -0.4 is 19.5 Å². The quantitative estimate of drug-likeness (QED) is 0.488. The molecular formula is C26H27NO5. The van der Waals surface area contributed by atoms with Gasteiger partial charge in [-0.05, 0) is 55.3 Å². The average Bonchev–Trinajstić information content (AvgIpc) is 2.84. The van der Waals surface area contributed by atoms with Crippen LogP contribution in [0.25, 0.3) is 0 Å². The van der Waals surface area contributed by atoms with Crippen LogP contribution >= 0.6 is 0 Å². The van der Waals surface area contributed by atoms with Crippen molar-refractivity contribution in [2.75, 3.05) is 20.8 Å². The van der Waals surface area contributed by atoms with Gasteiger partial charge < -0.3 is 19.5 Å². The third kappa shape index (κ3) is 5.88. The van der Waals surface area contributed by atoms with Gasteiger partial charge in [0.25, 0.3) is 5.91 Å². The smallest absolute Gasteiger partial charge is 0.260 e. The van der Waals surface area contributed by atoms with Crippen molar-refractivity contribution in [2.45, 2.75) is 19.4 Å². The summed E-state index contributed by atoms with van der Waals surface area (Å²) in [4.78, 5) is 24.9. The van der Waals surface area contributed by atoms with Gasteiger partial charge in [-0.1, -0.05) is 36.4 Å². The van der Waals surface area contributed by atoms with Gasteiger partial charge in [0.05, 0.1) is 14.2 Å². The first-order valence-corrected chi connectivity index (χ1v) is 10.4. The van der Waals surface area contributed by atoms with Crippen molar-refractivity contribution in [3.8, 4) is 17.2 Å². The zero-order chi connectivity index (χ0) is 22.9. The van der Waals surface area contributed by atoms with Crippen molar-refractivity contribution in [3.05, 3.63) is 89.5 Å². The Balaban J connectivity index is 1.49. The van der Waals surface area contributed by atoms with Crippen LogP contribution in [0.1, 0.15) is 28.4 Å². The monoisotopic (exact) mass is 433 g/mol. The van der Waals surface area contributed by atoms with Crippen molar-refractivity contribution in [1.29, 1.82) is 0 Å². The number of carbonyl (C=O) groups is 2. The lowest BCUT2D eigenvalue weighted by molar-refractivity contribution is -0.127. The molecule has 1 amide bonds. The minimum atomic E-state index is -0.670. The van der Waals surface area contributed by atoms with E-state index in [0.717, 1.165) is 5.56 Å². The summed E-state index contributed by atoms with van der Waals surface area (Å²) < 4.78 is 16.3. The second-order valence-corrected chi connectivity index (χ2v) is 7.21. The van der Waals surface area contributed by atoms with E-state index >= 15 is 0 Å². The van der Waals surface area contributed by atoms with Crippen molar-refractivity contribution in [3.63, 3.8) is 0 Å². The number of benzene rings is 3. The van der Waals surface area contributed by atoms with Crippen molar-refractivity contribution < 1.29 is 23.8 Å². The molecule has 0 aliphatic heterocycles. The fourth-order valence-corrected chi connectivity index (χ4v) is 3.21. The third-order valence-corrected chi connectivity index (χ3v) is 5.00. The molecule has 0 saturated carbocycles. The van der Waals surface area contributed by atoms with E-state index in [1.807, 2.05) is 36.4 Å². The van der Waals surface area contributed by atoms with Gasteiger partial charge in [0.2, 0.25) is 0 Å². The Hall–Kier alpha value is -3.80. The van der Waals surface area contributed by atoms with Crippen molar-refractivity contribution in [1.82, 2.24) is 5.32 Å². The van der Waals surface area contributed by atoms with E-state index in [1.54, 1.807) is 57.5 Å². The first-order chi connectivity index (χ1) is 15.5. The number of carbonyl (C=O) groups excluding carboxylic acids is 2. The Kier molecular flexibility index (Phi) is 7.86. The fourth-order valence-electron chi connectivity index (χ4n) is 3.21. The Labute approximate surface area is 188 Å². The Morgan fingerprint density at radius 2 is 1.50 bits per heavy atom. The molecule has 32 heavy (non-hydrogen) atoms. The molecule has 1 N–H and O–H groups in total. The van der Waals surface area contributed by atoms with Crippen LogP contribution in [0.5, 0.6) is 17.2 Å². The topological polar surface area (TPSA) is 73.9 Å². The lowest BCUT2D eigenvalue weighted by Crippen LogP contribution is -2.37. The van der Waals surface area contributed by atoms with E-state index < -0.39 is 6.10 Å². The van der Waals surface area contributed by atoms with Gasteiger partial charge in [0, 0.05) is 17.7 Å².